The molecule has 0 aliphatic carbocycles. The number of nitrogens with zero attached hydrogens (tertiary/aromatic N) is 5. The Morgan fingerprint density at radius 3 is 2.59 bits per heavy atom. The van der Waals surface area contributed by atoms with Gasteiger partial charge in [0.15, 0.2) is 5.82 Å². The van der Waals surface area contributed by atoms with Crippen LogP contribution >= 0.6 is 0 Å². The summed E-state index contributed by atoms with van der Waals surface area (Å²) in [5.41, 5.74) is 7.73. The molecule has 9 heteroatoms. The summed E-state index contributed by atoms with van der Waals surface area (Å²) in [6.45, 7) is 3.98. The predicted octanol–water partition coefficient (Wildman–Crippen LogP) is 2.53. The van der Waals surface area contributed by atoms with Crippen LogP contribution < -0.4 is 16.4 Å². The van der Waals surface area contributed by atoms with Crippen molar-refractivity contribution in [1.29, 1.82) is 0 Å². The summed E-state index contributed by atoms with van der Waals surface area (Å²) in [6, 6.07) is 12.9. The summed E-state index contributed by atoms with van der Waals surface area (Å²) >= 11 is 0. The third-order valence-electron chi connectivity index (χ3n) is 4.31. The first kappa shape index (κ1) is 20.2. The van der Waals surface area contributed by atoms with Gasteiger partial charge in [-0.1, -0.05) is 24.3 Å². The van der Waals surface area contributed by atoms with Gasteiger partial charge in [0.1, 0.15) is 5.82 Å². The molecule has 0 spiro atoms. The first-order chi connectivity index (χ1) is 13.9. The van der Waals surface area contributed by atoms with Crippen LogP contribution in [0.25, 0.3) is 0 Å². The summed E-state index contributed by atoms with van der Waals surface area (Å²) in [5.74, 6) is 1.27. The van der Waals surface area contributed by atoms with E-state index in [4.69, 9.17) is 5.73 Å². The molecule has 9 nitrogen and oxygen atoms in total. The quantitative estimate of drug-likeness (QED) is 0.561. The lowest BCUT2D eigenvalue weighted by Gasteiger charge is -2.23. The molecule has 0 aliphatic heterocycles. The fourth-order valence-corrected chi connectivity index (χ4v) is 2.59. The van der Waals surface area contributed by atoms with Crippen LogP contribution in [0.1, 0.15) is 24.4 Å². The van der Waals surface area contributed by atoms with Crippen molar-refractivity contribution < 1.29 is 4.79 Å². The summed E-state index contributed by atoms with van der Waals surface area (Å²) in [5, 5.41) is 5.89. The van der Waals surface area contributed by atoms with Crippen molar-refractivity contribution in [2.45, 2.75) is 19.9 Å². The number of carbonyl (C=O) groups excluding carboxylic acids is 1. The topological polar surface area (TPSA) is 122 Å². The van der Waals surface area contributed by atoms with E-state index in [1.807, 2.05) is 62.2 Å². The molecule has 1 atom stereocenters. The number of amides is 1. The zero-order chi connectivity index (χ0) is 20.8. The molecule has 1 unspecified atom stereocenters. The van der Waals surface area contributed by atoms with Crippen molar-refractivity contribution in [3.8, 4) is 0 Å². The number of likely N-dealkylation sites (N-methyl/N-ethyl adjacent to an activating group) is 1. The second-order valence-corrected chi connectivity index (χ2v) is 6.73. The van der Waals surface area contributed by atoms with Crippen LogP contribution in [0.5, 0.6) is 0 Å². The Balaban J connectivity index is 1.66. The lowest BCUT2D eigenvalue weighted by molar-refractivity contribution is -0.117. The maximum Gasteiger partial charge on any atom is 0.239 e. The number of aryl methyl sites for hydroxylation is 1. The molecular formula is C20H24N8O. The lowest BCUT2D eigenvalue weighted by atomic mass is 10.2. The highest BCUT2D eigenvalue weighted by molar-refractivity contribution is 5.91. The van der Waals surface area contributed by atoms with Crippen molar-refractivity contribution in [3.63, 3.8) is 0 Å². The maximum atomic E-state index is 12.3. The number of aromatic nitrogens is 4. The number of hydrogen-bond acceptors (Lipinski definition) is 8. The number of rotatable bonds is 7. The molecule has 3 rings (SSSR count). The van der Waals surface area contributed by atoms with E-state index in [1.54, 1.807) is 12.3 Å². The molecule has 0 radical (unpaired) electrons. The van der Waals surface area contributed by atoms with Gasteiger partial charge in [-0.05, 0) is 44.7 Å². The Hall–Kier alpha value is -3.59. The maximum absolute atomic E-state index is 12.3. The molecular weight excluding hydrogens is 368 g/mol. The minimum atomic E-state index is -0.256. The minimum Gasteiger partial charge on any atom is -0.368 e. The Labute approximate surface area is 169 Å². The van der Waals surface area contributed by atoms with Gasteiger partial charge in [-0.2, -0.15) is 15.0 Å². The van der Waals surface area contributed by atoms with E-state index in [0.717, 1.165) is 11.3 Å². The van der Waals surface area contributed by atoms with Gasteiger partial charge in [0, 0.05) is 11.9 Å². The van der Waals surface area contributed by atoms with Crippen LogP contribution in [0.15, 0.2) is 48.7 Å². The third-order valence-corrected chi connectivity index (χ3v) is 4.31. The number of anilines is 4. The molecule has 29 heavy (non-hydrogen) atoms. The second-order valence-electron chi connectivity index (χ2n) is 6.73. The number of benzene rings is 1. The summed E-state index contributed by atoms with van der Waals surface area (Å²) < 4.78 is 0. The SMILES string of the molecule is Cc1ccc(NC(=O)CN(C)C(C)c2nc(N)nc(Nc3ccccc3)n2)nc1. The molecule has 2 heterocycles. The van der Waals surface area contributed by atoms with Crippen molar-refractivity contribution >= 4 is 29.3 Å². The molecule has 0 saturated heterocycles. The lowest BCUT2D eigenvalue weighted by Crippen LogP contribution is -2.33. The zero-order valence-corrected chi connectivity index (χ0v) is 16.6. The fourth-order valence-electron chi connectivity index (χ4n) is 2.59. The number of nitrogens with two attached hydrogens (primary N) is 1. The van der Waals surface area contributed by atoms with Gasteiger partial charge in [0.2, 0.25) is 17.8 Å². The van der Waals surface area contributed by atoms with Crippen molar-refractivity contribution in [2.24, 2.45) is 0 Å². The van der Waals surface area contributed by atoms with Crippen molar-refractivity contribution in [3.05, 3.63) is 60.0 Å². The molecule has 3 aromatic rings. The fraction of sp³-hybridized carbons (Fsp3) is 0.250. The smallest absolute Gasteiger partial charge is 0.239 e. The molecule has 0 bridgehead atoms. The highest BCUT2D eigenvalue weighted by atomic mass is 16.2. The predicted molar refractivity (Wildman–Crippen MR) is 113 cm³/mol. The van der Waals surface area contributed by atoms with Gasteiger partial charge in [-0.25, -0.2) is 4.98 Å². The van der Waals surface area contributed by atoms with Gasteiger partial charge in [-0.15, -0.1) is 0 Å². The van der Waals surface area contributed by atoms with Gasteiger partial charge in [-0.3, -0.25) is 9.69 Å². The van der Waals surface area contributed by atoms with Crippen molar-refractivity contribution in [1.82, 2.24) is 24.8 Å². The zero-order valence-electron chi connectivity index (χ0n) is 16.6. The number of nitrogens with one attached hydrogen (secondary N) is 2. The van der Waals surface area contributed by atoms with Crippen LogP contribution in [-0.2, 0) is 4.79 Å². The van der Waals surface area contributed by atoms with E-state index >= 15 is 0 Å². The molecule has 150 valence electrons. The van der Waals surface area contributed by atoms with Crippen molar-refractivity contribution in [2.75, 3.05) is 30.0 Å². The summed E-state index contributed by atoms with van der Waals surface area (Å²) in [4.78, 5) is 31.2. The third kappa shape index (κ3) is 5.69. The minimum absolute atomic E-state index is 0.113. The first-order valence-electron chi connectivity index (χ1n) is 9.17. The monoisotopic (exact) mass is 392 g/mol. The number of carbonyl (C=O) groups is 1. The Morgan fingerprint density at radius 2 is 1.90 bits per heavy atom. The molecule has 0 fully saturated rings. The number of pyridine rings is 1. The van der Waals surface area contributed by atoms with Crippen LogP contribution in [0.4, 0.5) is 23.4 Å². The molecule has 1 amide bonds. The molecule has 0 saturated carbocycles. The Kier molecular flexibility index (Phi) is 6.30. The van der Waals surface area contributed by atoms with E-state index in [0.29, 0.717) is 17.6 Å². The molecule has 2 aromatic heterocycles. The Morgan fingerprint density at radius 1 is 1.14 bits per heavy atom. The standard InChI is InChI=1S/C20H24N8O/c1-13-9-10-16(22-11-13)24-17(29)12-28(3)14(2)18-25-19(21)27-20(26-18)23-15-7-5-4-6-8-15/h4-11,14H,12H2,1-3H3,(H,22,24,29)(H3,21,23,25,26,27). The van der Waals surface area contributed by atoms with E-state index < -0.39 is 0 Å². The first-order valence-corrected chi connectivity index (χ1v) is 9.17. The summed E-state index contributed by atoms with van der Waals surface area (Å²) in [7, 11) is 1.82. The van der Waals surface area contributed by atoms with Crippen LogP contribution in [-0.4, -0.2) is 44.3 Å². The second kappa shape index (κ2) is 9.07. The molecule has 1 aromatic carbocycles. The van der Waals surface area contributed by atoms with Gasteiger partial charge < -0.3 is 16.4 Å². The van der Waals surface area contributed by atoms with E-state index in [-0.39, 0.29) is 24.4 Å². The van der Waals surface area contributed by atoms with Gasteiger partial charge >= 0.3 is 0 Å². The highest BCUT2D eigenvalue weighted by Gasteiger charge is 2.19. The Bertz CT molecular complexity index is 962. The number of hydrogen-bond donors (Lipinski definition) is 3. The van der Waals surface area contributed by atoms with Crippen LogP contribution in [0.2, 0.25) is 0 Å². The molecule has 0 aliphatic rings. The van der Waals surface area contributed by atoms with E-state index in [2.05, 4.69) is 30.6 Å². The van der Waals surface area contributed by atoms with E-state index in [1.165, 1.54) is 0 Å². The van der Waals surface area contributed by atoms with Gasteiger partial charge in [0.05, 0.1) is 12.6 Å². The average Bonchev–Trinajstić information content (AvgIpc) is 2.69. The van der Waals surface area contributed by atoms with E-state index in [9.17, 15) is 4.79 Å². The average molecular weight is 392 g/mol. The largest absolute Gasteiger partial charge is 0.368 e. The number of nitrogen functional groups attached to an aromatic ring is 1. The van der Waals surface area contributed by atoms with Gasteiger partial charge in [0.25, 0.3) is 0 Å². The van der Waals surface area contributed by atoms with Crippen LogP contribution in [0.3, 0.4) is 0 Å². The summed E-state index contributed by atoms with van der Waals surface area (Å²) in [6.07, 6.45) is 1.71. The van der Waals surface area contributed by atoms with Crippen LogP contribution in [0, 0.1) is 6.92 Å². The molecule has 4 N–H and O–H groups in total. The highest BCUT2D eigenvalue weighted by Crippen LogP contribution is 2.19. The normalized spacial score (nSPS) is 11.9. The number of para-hydroxylation sites is 1.